The Kier molecular flexibility index (Phi) is 6.37. The van der Waals surface area contributed by atoms with Gasteiger partial charge in [0.05, 0.1) is 5.92 Å². The number of aliphatic carboxylic acids is 2. The fraction of sp³-hybridized carbons (Fsp3) is 0.600. The smallest absolute Gasteiger partial charge is 0.320 e. The standard InChI is InChI=1S/C10H17NO4/c1-2-3-4-5-7(9(12)13)6-8(11)10(14)15/h3-4,7-8H,2,5-6,11H2,1H3,(H,12,13)(H,14,15)/b4-3+/t7-,8+/m1/s1. The highest BCUT2D eigenvalue weighted by atomic mass is 16.4. The van der Waals surface area contributed by atoms with E-state index in [1.54, 1.807) is 6.08 Å². The van der Waals surface area contributed by atoms with Crippen molar-refractivity contribution in [3.63, 3.8) is 0 Å². The van der Waals surface area contributed by atoms with E-state index in [2.05, 4.69) is 0 Å². The number of allylic oxidation sites excluding steroid dienone is 2. The molecule has 0 heterocycles. The normalized spacial score (nSPS) is 15.1. The maximum atomic E-state index is 10.8. The molecule has 5 nitrogen and oxygen atoms in total. The fourth-order valence-electron chi connectivity index (χ4n) is 1.13. The fourth-order valence-corrected chi connectivity index (χ4v) is 1.13. The van der Waals surface area contributed by atoms with Crippen molar-refractivity contribution in [2.45, 2.75) is 32.2 Å². The lowest BCUT2D eigenvalue weighted by Gasteiger charge is -2.12. The predicted octanol–water partition coefficient (Wildman–Crippen LogP) is 0.845. The quantitative estimate of drug-likeness (QED) is 0.546. The summed E-state index contributed by atoms with van der Waals surface area (Å²) >= 11 is 0. The Bertz CT molecular complexity index is 250. The van der Waals surface area contributed by atoms with Crippen molar-refractivity contribution < 1.29 is 19.8 Å². The Balaban J connectivity index is 4.22. The first-order chi connectivity index (χ1) is 6.99. The zero-order chi connectivity index (χ0) is 11.8. The van der Waals surface area contributed by atoms with E-state index in [0.29, 0.717) is 6.42 Å². The second-order valence-corrected chi connectivity index (χ2v) is 3.33. The van der Waals surface area contributed by atoms with E-state index in [9.17, 15) is 9.59 Å². The van der Waals surface area contributed by atoms with E-state index in [-0.39, 0.29) is 6.42 Å². The van der Waals surface area contributed by atoms with Gasteiger partial charge >= 0.3 is 11.9 Å². The molecular formula is C10H17NO4. The summed E-state index contributed by atoms with van der Waals surface area (Å²) in [5.41, 5.74) is 5.27. The second kappa shape index (κ2) is 7.00. The van der Waals surface area contributed by atoms with Gasteiger partial charge in [0, 0.05) is 0 Å². The summed E-state index contributed by atoms with van der Waals surface area (Å²) in [4.78, 5) is 21.2. The summed E-state index contributed by atoms with van der Waals surface area (Å²) in [7, 11) is 0. The Labute approximate surface area is 88.6 Å². The Hall–Kier alpha value is -1.36. The van der Waals surface area contributed by atoms with Crippen molar-refractivity contribution in [2.24, 2.45) is 11.7 Å². The largest absolute Gasteiger partial charge is 0.481 e. The van der Waals surface area contributed by atoms with Crippen LogP contribution in [0, 0.1) is 5.92 Å². The molecule has 2 atom stereocenters. The molecular weight excluding hydrogens is 198 g/mol. The highest BCUT2D eigenvalue weighted by Crippen LogP contribution is 2.12. The highest BCUT2D eigenvalue weighted by molar-refractivity contribution is 5.75. The van der Waals surface area contributed by atoms with Gasteiger partial charge in [0.15, 0.2) is 0 Å². The van der Waals surface area contributed by atoms with Crippen molar-refractivity contribution in [1.82, 2.24) is 0 Å². The van der Waals surface area contributed by atoms with Gasteiger partial charge in [-0.2, -0.15) is 0 Å². The third kappa shape index (κ3) is 5.85. The minimum absolute atomic E-state index is 0.0429. The summed E-state index contributed by atoms with van der Waals surface area (Å²) in [6, 6.07) is -1.11. The zero-order valence-electron chi connectivity index (χ0n) is 8.72. The van der Waals surface area contributed by atoms with Crippen LogP contribution in [0.15, 0.2) is 12.2 Å². The molecule has 0 rings (SSSR count). The molecule has 0 aliphatic carbocycles. The third-order valence-corrected chi connectivity index (χ3v) is 2.03. The molecule has 0 unspecified atom stereocenters. The van der Waals surface area contributed by atoms with Crippen LogP contribution >= 0.6 is 0 Å². The molecule has 0 aromatic rings. The lowest BCUT2D eigenvalue weighted by Crippen LogP contribution is -2.34. The molecule has 0 amide bonds. The lowest BCUT2D eigenvalue weighted by atomic mass is 9.96. The Morgan fingerprint density at radius 1 is 1.27 bits per heavy atom. The number of carbonyl (C=O) groups is 2. The SMILES string of the molecule is CC/C=C/C[C@H](C[C@H](N)C(=O)O)C(=O)O. The van der Waals surface area contributed by atoms with Crippen LogP contribution in [0.3, 0.4) is 0 Å². The van der Waals surface area contributed by atoms with Gasteiger partial charge in [0.1, 0.15) is 6.04 Å². The topological polar surface area (TPSA) is 101 Å². The maximum absolute atomic E-state index is 10.8. The van der Waals surface area contributed by atoms with E-state index in [1.807, 2.05) is 13.0 Å². The van der Waals surface area contributed by atoms with Gasteiger partial charge in [-0.15, -0.1) is 0 Å². The summed E-state index contributed by atoms with van der Waals surface area (Å²) in [6.07, 6.45) is 4.70. The van der Waals surface area contributed by atoms with Crippen molar-refractivity contribution >= 4 is 11.9 Å². The first-order valence-corrected chi connectivity index (χ1v) is 4.85. The molecule has 0 aromatic heterocycles. The Morgan fingerprint density at radius 2 is 1.87 bits per heavy atom. The monoisotopic (exact) mass is 215 g/mol. The highest BCUT2D eigenvalue weighted by Gasteiger charge is 2.22. The van der Waals surface area contributed by atoms with Crippen molar-refractivity contribution in [3.8, 4) is 0 Å². The van der Waals surface area contributed by atoms with Crippen molar-refractivity contribution in [3.05, 3.63) is 12.2 Å². The van der Waals surface area contributed by atoms with E-state index < -0.39 is 23.9 Å². The molecule has 15 heavy (non-hydrogen) atoms. The summed E-state index contributed by atoms with van der Waals surface area (Å²) in [6.45, 7) is 1.94. The predicted molar refractivity (Wildman–Crippen MR) is 55.4 cm³/mol. The van der Waals surface area contributed by atoms with Gasteiger partial charge in [-0.25, -0.2) is 0 Å². The van der Waals surface area contributed by atoms with E-state index in [1.165, 1.54) is 0 Å². The van der Waals surface area contributed by atoms with Gasteiger partial charge in [-0.1, -0.05) is 19.1 Å². The molecule has 0 aliphatic heterocycles. The van der Waals surface area contributed by atoms with Crippen LogP contribution in [0.2, 0.25) is 0 Å². The lowest BCUT2D eigenvalue weighted by molar-refractivity contribution is -0.143. The molecule has 4 N–H and O–H groups in total. The molecule has 0 spiro atoms. The van der Waals surface area contributed by atoms with Crippen LogP contribution in [0.25, 0.3) is 0 Å². The molecule has 86 valence electrons. The van der Waals surface area contributed by atoms with Crippen LogP contribution < -0.4 is 5.73 Å². The van der Waals surface area contributed by atoms with Crippen LogP contribution in [-0.2, 0) is 9.59 Å². The van der Waals surface area contributed by atoms with Gasteiger partial charge in [-0.05, 0) is 19.3 Å². The van der Waals surface area contributed by atoms with E-state index in [0.717, 1.165) is 6.42 Å². The zero-order valence-corrected chi connectivity index (χ0v) is 8.72. The van der Waals surface area contributed by atoms with Gasteiger partial charge < -0.3 is 15.9 Å². The summed E-state index contributed by atoms with van der Waals surface area (Å²) in [5, 5.41) is 17.4. The number of carboxylic acid groups (broad SMARTS) is 2. The first-order valence-electron chi connectivity index (χ1n) is 4.85. The average Bonchev–Trinajstić information content (AvgIpc) is 2.15. The molecule has 0 saturated heterocycles. The molecule has 5 heteroatoms. The minimum Gasteiger partial charge on any atom is -0.481 e. The van der Waals surface area contributed by atoms with Crippen molar-refractivity contribution in [1.29, 1.82) is 0 Å². The van der Waals surface area contributed by atoms with E-state index >= 15 is 0 Å². The third-order valence-electron chi connectivity index (χ3n) is 2.03. The number of rotatable bonds is 7. The van der Waals surface area contributed by atoms with Gasteiger partial charge in [0.2, 0.25) is 0 Å². The molecule has 0 fully saturated rings. The summed E-state index contributed by atoms with van der Waals surface area (Å²) < 4.78 is 0. The van der Waals surface area contributed by atoms with Crippen molar-refractivity contribution in [2.75, 3.05) is 0 Å². The summed E-state index contributed by atoms with van der Waals surface area (Å²) in [5.74, 6) is -2.90. The van der Waals surface area contributed by atoms with Gasteiger partial charge in [0.25, 0.3) is 0 Å². The number of nitrogens with two attached hydrogens (primary N) is 1. The van der Waals surface area contributed by atoms with E-state index in [4.69, 9.17) is 15.9 Å². The minimum atomic E-state index is -1.17. The molecule has 0 radical (unpaired) electrons. The van der Waals surface area contributed by atoms with Gasteiger partial charge in [-0.3, -0.25) is 9.59 Å². The second-order valence-electron chi connectivity index (χ2n) is 3.33. The molecule has 0 bridgehead atoms. The molecule has 0 saturated carbocycles. The van der Waals surface area contributed by atoms with Crippen LogP contribution in [0.1, 0.15) is 26.2 Å². The number of hydrogen-bond donors (Lipinski definition) is 3. The average molecular weight is 215 g/mol. The Morgan fingerprint density at radius 3 is 2.27 bits per heavy atom. The van der Waals surface area contributed by atoms with Crippen LogP contribution in [0.4, 0.5) is 0 Å². The van der Waals surface area contributed by atoms with Crippen LogP contribution in [0.5, 0.6) is 0 Å². The maximum Gasteiger partial charge on any atom is 0.320 e. The van der Waals surface area contributed by atoms with Crippen LogP contribution in [-0.4, -0.2) is 28.2 Å². The molecule has 0 aliphatic rings. The molecule has 0 aromatic carbocycles. The first kappa shape index (κ1) is 13.6. The number of hydrogen-bond acceptors (Lipinski definition) is 3. The number of carboxylic acids is 2.